The normalized spacial score (nSPS) is 17.6. The largest absolute Gasteiger partial charge is 0.476 e. The summed E-state index contributed by atoms with van der Waals surface area (Å²) in [5.74, 6) is 0.0649. The second kappa shape index (κ2) is 4.25. The molecule has 1 fully saturated rings. The molecule has 5 heteroatoms. The monoisotopic (exact) mass is 224 g/mol. The van der Waals surface area contributed by atoms with Gasteiger partial charge in [-0.05, 0) is 19.8 Å². The number of imidazole rings is 1. The van der Waals surface area contributed by atoms with E-state index in [1.54, 1.807) is 0 Å². The van der Waals surface area contributed by atoms with Gasteiger partial charge in [-0.1, -0.05) is 0 Å². The van der Waals surface area contributed by atoms with Crippen LogP contribution in [-0.4, -0.2) is 33.8 Å². The molecule has 0 aliphatic carbocycles. The number of nitrogens with zero attached hydrogens (tertiary/aromatic N) is 2. The fourth-order valence-electron chi connectivity index (χ4n) is 2.22. The fourth-order valence-corrected chi connectivity index (χ4v) is 2.22. The summed E-state index contributed by atoms with van der Waals surface area (Å²) >= 11 is 0. The Balaban J connectivity index is 2.40. The van der Waals surface area contributed by atoms with E-state index < -0.39 is 5.97 Å². The Labute approximate surface area is 94.1 Å². The maximum absolute atomic E-state index is 11.1. The minimum Gasteiger partial charge on any atom is -0.476 e. The Morgan fingerprint density at radius 2 is 2.12 bits per heavy atom. The molecule has 0 unspecified atom stereocenters. The zero-order chi connectivity index (χ0) is 11.7. The summed E-state index contributed by atoms with van der Waals surface area (Å²) in [5.41, 5.74) is 1.04. The zero-order valence-electron chi connectivity index (χ0n) is 9.56. The first-order chi connectivity index (χ1) is 7.61. The Hall–Kier alpha value is -1.36. The second-order valence-corrected chi connectivity index (χ2v) is 4.14. The highest BCUT2D eigenvalue weighted by atomic mass is 16.5. The van der Waals surface area contributed by atoms with Gasteiger partial charge in [0.2, 0.25) is 0 Å². The van der Waals surface area contributed by atoms with Crippen LogP contribution < -0.4 is 0 Å². The molecule has 5 nitrogen and oxygen atoms in total. The van der Waals surface area contributed by atoms with Crippen molar-refractivity contribution >= 4 is 5.97 Å². The molecule has 88 valence electrons. The fraction of sp³-hybridized carbons (Fsp3) is 0.636. The van der Waals surface area contributed by atoms with Gasteiger partial charge in [-0.25, -0.2) is 9.78 Å². The lowest BCUT2D eigenvalue weighted by Crippen LogP contribution is -2.19. The number of aromatic nitrogens is 2. The first-order valence-electron chi connectivity index (χ1n) is 5.45. The molecular formula is C11H16N2O3. The van der Waals surface area contributed by atoms with Crippen molar-refractivity contribution in [1.29, 1.82) is 0 Å². The van der Waals surface area contributed by atoms with Gasteiger partial charge >= 0.3 is 5.97 Å². The van der Waals surface area contributed by atoms with Crippen LogP contribution in [0, 0.1) is 6.92 Å². The lowest BCUT2D eigenvalue weighted by molar-refractivity contribution is 0.0677. The van der Waals surface area contributed by atoms with Gasteiger partial charge in [0.25, 0.3) is 0 Å². The second-order valence-electron chi connectivity index (χ2n) is 4.14. The SMILES string of the molecule is Cc1nc(C(=O)O)c(C2CCOCC2)n1C. The number of rotatable bonds is 2. The van der Waals surface area contributed by atoms with Gasteiger partial charge in [0.15, 0.2) is 5.69 Å². The maximum atomic E-state index is 11.1. The summed E-state index contributed by atoms with van der Waals surface area (Å²) in [5, 5.41) is 9.13. The molecule has 0 bridgehead atoms. The Kier molecular flexibility index (Phi) is 2.96. The molecular weight excluding hydrogens is 208 g/mol. The molecule has 16 heavy (non-hydrogen) atoms. The molecule has 0 atom stereocenters. The molecule has 2 heterocycles. The summed E-state index contributed by atoms with van der Waals surface area (Å²) in [6.07, 6.45) is 1.75. The quantitative estimate of drug-likeness (QED) is 0.822. The molecule has 2 rings (SSSR count). The Morgan fingerprint density at radius 1 is 1.50 bits per heavy atom. The van der Waals surface area contributed by atoms with Gasteiger partial charge in [-0.2, -0.15) is 0 Å². The lowest BCUT2D eigenvalue weighted by Gasteiger charge is -2.23. The van der Waals surface area contributed by atoms with E-state index in [4.69, 9.17) is 9.84 Å². The molecule has 0 spiro atoms. The summed E-state index contributed by atoms with van der Waals surface area (Å²) in [4.78, 5) is 15.2. The van der Waals surface area contributed by atoms with Crippen LogP contribution in [0.3, 0.4) is 0 Å². The molecule has 1 N–H and O–H groups in total. The van der Waals surface area contributed by atoms with Crippen LogP contribution in [-0.2, 0) is 11.8 Å². The minimum absolute atomic E-state index is 0.201. The summed E-state index contributed by atoms with van der Waals surface area (Å²) in [7, 11) is 1.87. The topological polar surface area (TPSA) is 64.3 Å². The molecule has 0 saturated carbocycles. The third kappa shape index (κ3) is 1.82. The van der Waals surface area contributed by atoms with Crippen molar-refractivity contribution in [2.45, 2.75) is 25.7 Å². The highest BCUT2D eigenvalue weighted by Crippen LogP contribution is 2.29. The highest BCUT2D eigenvalue weighted by Gasteiger charge is 2.26. The molecule has 1 aliphatic rings. The van der Waals surface area contributed by atoms with Crippen LogP contribution in [0.4, 0.5) is 0 Å². The molecule has 0 aromatic carbocycles. The van der Waals surface area contributed by atoms with Gasteiger partial charge in [0.05, 0.1) is 5.69 Å². The van der Waals surface area contributed by atoms with E-state index in [-0.39, 0.29) is 11.6 Å². The third-order valence-corrected chi connectivity index (χ3v) is 3.17. The van der Waals surface area contributed by atoms with Crippen molar-refractivity contribution in [3.05, 3.63) is 17.2 Å². The van der Waals surface area contributed by atoms with E-state index in [2.05, 4.69) is 4.98 Å². The predicted molar refractivity (Wildman–Crippen MR) is 57.7 cm³/mol. The number of carboxylic acid groups (broad SMARTS) is 1. The van der Waals surface area contributed by atoms with Crippen LogP contribution in [0.5, 0.6) is 0 Å². The number of aryl methyl sites for hydroxylation is 1. The van der Waals surface area contributed by atoms with E-state index in [1.165, 1.54) is 0 Å². The van der Waals surface area contributed by atoms with Crippen molar-refractivity contribution < 1.29 is 14.6 Å². The number of carboxylic acids is 1. The minimum atomic E-state index is -0.940. The van der Waals surface area contributed by atoms with E-state index in [9.17, 15) is 4.79 Å². The predicted octanol–water partition coefficient (Wildman–Crippen LogP) is 1.32. The van der Waals surface area contributed by atoms with E-state index in [0.29, 0.717) is 13.2 Å². The standard InChI is InChI=1S/C11H16N2O3/c1-7-12-9(11(14)15)10(13(7)2)8-3-5-16-6-4-8/h8H,3-6H2,1-2H3,(H,14,15). The lowest BCUT2D eigenvalue weighted by atomic mass is 9.95. The van der Waals surface area contributed by atoms with Crippen molar-refractivity contribution in [1.82, 2.24) is 9.55 Å². The van der Waals surface area contributed by atoms with Gasteiger partial charge in [0, 0.05) is 26.2 Å². The van der Waals surface area contributed by atoms with Crippen LogP contribution in [0.25, 0.3) is 0 Å². The molecule has 1 aliphatic heterocycles. The van der Waals surface area contributed by atoms with Crippen LogP contribution in [0.15, 0.2) is 0 Å². The molecule has 1 aromatic rings. The van der Waals surface area contributed by atoms with Crippen molar-refractivity contribution in [3.63, 3.8) is 0 Å². The number of ether oxygens (including phenoxy) is 1. The Bertz CT molecular complexity index is 406. The highest BCUT2D eigenvalue weighted by molar-refractivity contribution is 5.87. The molecule has 1 saturated heterocycles. The number of hydrogen-bond donors (Lipinski definition) is 1. The van der Waals surface area contributed by atoms with Crippen LogP contribution in [0.1, 0.15) is 40.8 Å². The molecule has 0 amide bonds. The van der Waals surface area contributed by atoms with E-state index in [0.717, 1.165) is 24.4 Å². The number of carbonyl (C=O) groups is 1. The van der Waals surface area contributed by atoms with Crippen molar-refractivity contribution in [2.75, 3.05) is 13.2 Å². The van der Waals surface area contributed by atoms with Crippen molar-refractivity contribution in [2.24, 2.45) is 7.05 Å². The third-order valence-electron chi connectivity index (χ3n) is 3.17. The van der Waals surface area contributed by atoms with E-state index >= 15 is 0 Å². The average Bonchev–Trinajstić information content (AvgIpc) is 2.57. The van der Waals surface area contributed by atoms with Gasteiger partial charge in [-0.3, -0.25) is 0 Å². The summed E-state index contributed by atoms with van der Waals surface area (Å²) in [6.45, 7) is 3.23. The average molecular weight is 224 g/mol. The number of aromatic carboxylic acids is 1. The zero-order valence-corrected chi connectivity index (χ0v) is 9.56. The van der Waals surface area contributed by atoms with E-state index in [1.807, 2.05) is 18.5 Å². The van der Waals surface area contributed by atoms with Crippen LogP contribution in [0.2, 0.25) is 0 Å². The maximum Gasteiger partial charge on any atom is 0.356 e. The molecule has 1 aromatic heterocycles. The summed E-state index contributed by atoms with van der Waals surface area (Å²) < 4.78 is 7.18. The first kappa shape index (κ1) is 11.1. The van der Waals surface area contributed by atoms with Crippen molar-refractivity contribution in [3.8, 4) is 0 Å². The molecule has 0 radical (unpaired) electrons. The smallest absolute Gasteiger partial charge is 0.356 e. The van der Waals surface area contributed by atoms with Gasteiger partial charge < -0.3 is 14.4 Å². The Morgan fingerprint density at radius 3 is 2.69 bits per heavy atom. The van der Waals surface area contributed by atoms with Gasteiger partial charge in [0.1, 0.15) is 5.82 Å². The van der Waals surface area contributed by atoms with Gasteiger partial charge in [-0.15, -0.1) is 0 Å². The van der Waals surface area contributed by atoms with Crippen LogP contribution >= 0.6 is 0 Å². The first-order valence-corrected chi connectivity index (χ1v) is 5.45. The summed E-state index contributed by atoms with van der Waals surface area (Å²) in [6, 6.07) is 0. The number of hydrogen-bond acceptors (Lipinski definition) is 3.